The molecule has 0 bridgehead atoms. The Bertz CT molecular complexity index is 266. The molecule has 0 aromatic heterocycles. The number of hydrogen-bond donors (Lipinski definition) is 2. The monoisotopic (exact) mass is 257 g/mol. The maximum atomic E-state index is 11.3. The van der Waals surface area contributed by atoms with Crippen LogP contribution in [-0.2, 0) is 9.53 Å². The van der Waals surface area contributed by atoms with Crippen LogP contribution in [0.1, 0.15) is 46.0 Å². The van der Waals surface area contributed by atoms with Crippen molar-refractivity contribution in [3.05, 3.63) is 0 Å². The molecule has 2 N–H and O–H groups in total. The number of nitrogens with one attached hydrogen (secondary N) is 1. The lowest BCUT2D eigenvalue weighted by Crippen LogP contribution is -2.46. The van der Waals surface area contributed by atoms with Gasteiger partial charge in [-0.1, -0.05) is 26.2 Å². The number of esters is 1. The molecule has 4 heteroatoms. The van der Waals surface area contributed by atoms with Gasteiger partial charge in [-0.2, -0.15) is 0 Å². The molecule has 1 fully saturated rings. The summed E-state index contributed by atoms with van der Waals surface area (Å²) in [6.07, 6.45) is 6.46. The van der Waals surface area contributed by atoms with Crippen molar-refractivity contribution in [3.63, 3.8) is 0 Å². The van der Waals surface area contributed by atoms with Crippen LogP contribution < -0.4 is 5.32 Å². The molecular weight excluding hydrogens is 230 g/mol. The normalized spacial score (nSPS) is 27.6. The third-order valence-electron chi connectivity index (χ3n) is 3.87. The molecular formula is C14H27NO3. The van der Waals surface area contributed by atoms with E-state index < -0.39 is 11.6 Å². The SMILES string of the molecule is COC(=O)C(C)(O)CNCCC1CCCC(C)C1. The summed E-state index contributed by atoms with van der Waals surface area (Å²) in [7, 11) is 1.29. The number of ether oxygens (including phenoxy) is 1. The second-order valence-electron chi connectivity index (χ2n) is 5.87. The van der Waals surface area contributed by atoms with Gasteiger partial charge in [0.2, 0.25) is 0 Å². The van der Waals surface area contributed by atoms with Gasteiger partial charge in [0.15, 0.2) is 5.60 Å². The van der Waals surface area contributed by atoms with E-state index in [4.69, 9.17) is 0 Å². The molecule has 3 unspecified atom stereocenters. The Labute approximate surface area is 110 Å². The van der Waals surface area contributed by atoms with E-state index in [1.807, 2.05) is 0 Å². The van der Waals surface area contributed by atoms with Gasteiger partial charge < -0.3 is 15.2 Å². The van der Waals surface area contributed by atoms with Crippen LogP contribution in [0, 0.1) is 11.8 Å². The van der Waals surface area contributed by atoms with Crippen molar-refractivity contribution in [2.75, 3.05) is 20.2 Å². The van der Waals surface area contributed by atoms with Crippen LogP contribution >= 0.6 is 0 Å². The Balaban J connectivity index is 2.16. The van der Waals surface area contributed by atoms with Crippen molar-refractivity contribution in [1.82, 2.24) is 5.32 Å². The molecule has 1 saturated carbocycles. The molecule has 18 heavy (non-hydrogen) atoms. The van der Waals surface area contributed by atoms with Crippen LogP contribution in [0.4, 0.5) is 0 Å². The summed E-state index contributed by atoms with van der Waals surface area (Å²) in [6, 6.07) is 0. The van der Waals surface area contributed by atoms with E-state index in [1.54, 1.807) is 0 Å². The maximum absolute atomic E-state index is 11.3. The molecule has 0 aromatic rings. The molecule has 0 saturated heterocycles. The number of methoxy groups -OCH3 is 1. The van der Waals surface area contributed by atoms with Crippen LogP contribution in [0.25, 0.3) is 0 Å². The Hall–Kier alpha value is -0.610. The van der Waals surface area contributed by atoms with Crippen LogP contribution in [0.5, 0.6) is 0 Å². The van der Waals surface area contributed by atoms with E-state index in [-0.39, 0.29) is 6.54 Å². The summed E-state index contributed by atoms with van der Waals surface area (Å²) in [5.41, 5.74) is -1.42. The van der Waals surface area contributed by atoms with Crippen LogP contribution in [0.15, 0.2) is 0 Å². The Kier molecular flexibility index (Phi) is 6.09. The van der Waals surface area contributed by atoms with Gasteiger partial charge in [0.05, 0.1) is 7.11 Å². The fourth-order valence-corrected chi connectivity index (χ4v) is 2.75. The van der Waals surface area contributed by atoms with Crippen molar-refractivity contribution in [2.45, 2.75) is 51.6 Å². The molecule has 4 nitrogen and oxygen atoms in total. The molecule has 0 radical (unpaired) electrons. The minimum atomic E-state index is -1.42. The second kappa shape index (κ2) is 7.10. The molecule has 3 atom stereocenters. The van der Waals surface area contributed by atoms with Gasteiger partial charge in [-0.15, -0.1) is 0 Å². The highest BCUT2D eigenvalue weighted by Crippen LogP contribution is 2.30. The number of rotatable bonds is 6. The third-order valence-corrected chi connectivity index (χ3v) is 3.87. The fraction of sp³-hybridized carbons (Fsp3) is 0.929. The van der Waals surface area contributed by atoms with Crippen LogP contribution in [-0.4, -0.2) is 36.9 Å². The number of carbonyl (C=O) groups is 1. The summed E-state index contributed by atoms with van der Waals surface area (Å²) in [4.78, 5) is 11.3. The van der Waals surface area contributed by atoms with Gasteiger partial charge in [-0.3, -0.25) is 0 Å². The molecule has 106 valence electrons. The first-order chi connectivity index (χ1) is 8.45. The lowest BCUT2D eigenvalue weighted by atomic mass is 9.81. The largest absolute Gasteiger partial charge is 0.467 e. The van der Waals surface area contributed by atoms with E-state index in [0.29, 0.717) is 0 Å². The topological polar surface area (TPSA) is 58.6 Å². The summed E-state index contributed by atoms with van der Waals surface area (Å²) < 4.78 is 4.55. The zero-order chi connectivity index (χ0) is 13.6. The second-order valence-corrected chi connectivity index (χ2v) is 5.87. The van der Waals surface area contributed by atoms with Crippen molar-refractivity contribution in [1.29, 1.82) is 0 Å². The first-order valence-electron chi connectivity index (χ1n) is 6.97. The first kappa shape index (κ1) is 15.4. The van der Waals surface area contributed by atoms with E-state index in [0.717, 1.165) is 24.8 Å². The van der Waals surface area contributed by atoms with Gasteiger partial charge in [0.1, 0.15) is 0 Å². The maximum Gasteiger partial charge on any atom is 0.338 e. The van der Waals surface area contributed by atoms with Crippen molar-refractivity contribution < 1.29 is 14.6 Å². The number of carbonyl (C=O) groups excluding carboxylic acids is 1. The highest BCUT2D eigenvalue weighted by atomic mass is 16.5. The molecule has 0 amide bonds. The van der Waals surface area contributed by atoms with Gasteiger partial charge in [-0.05, 0) is 38.1 Å². The van der Waals surface area contributed by atoms with Gasteiger partial charge >= 0.3 is 5.97 Å². The standard InChI is InChI=1S/C14H27NO3/c1-11-5-4-6-12(9-11)7-8-15-10-14(2,17)13(16)18-3/h11-12,15,17H,4-10H2,1-3H3. The summed E-state index contributed by atoms with van der Waals surface area (Å²) in [6.45, 7) is 4.91. The van der Waals surface area contributed by atoms with E-state index in [9.17, 15) is 9.90 Å². The third kappa shape index (κ3) is 4.94. The highest BCUT2D eigenvalue weighted by molar-refractivity contribution is 5.78. The van der Waals surface area contributed by atoms with Gasteiger partial charge in [-0.25, -0.2) is 4.79 Å². The molecule has 1 rings (SSSR count). The summed E-state index contributed by atoms with van der Waals surface area (Å²) in [5.74, 6) is 1.06. The lowest BCUT2D eigenvalue weighted by Gasteiger charge is -2.27. The predicted octanol–water partition coefficient (Wildman–Crippen LogP) is 1.72. The average Bonchev–Trinajstić information content (AvgIpc) is 2.33. The molecule has 1 aliphatic rings. The van der Waals surface area contributed by atoms with Crippen molar-refractivity contribution in [2.24, 2.45) is 11.8 Å². The molecule has 0 heterocycles. The Morgan fingerprint density at radius 2 is 2.22 bits per heavy atom. The average molecular weight is 257 g/mol. The van der Waals surface area contributed by atoms with Gasteiger partial charge in [0.25, 0.3) is 0 Å². The van der Waals surface area contributed by atoms with E-state index in [1.165, 1.54) is 39.7 Å². The molecule has 0 spiro atoms. The zero-order valence-corrected chi connectivity index (χ0v) is 11.9. The zero-order valence-electron chi connectivity index (χ0n) is 11.9. The highest BCUT2D eigenvalue weighted by Gasteiger charge is 2.30. The number of hydrogen-bond acceptors (Lipinski definition) is 4. The van der Waals surface area contributed by atoms with Gasteiger partial charge in [0, 0.05) is 6.54 Å². The minimum Gasteiger partial charge on any atom is -0.467 e. The smallest absolute Gasteiger partial charge is 0.338 e. The Morgan fingerprint density at radius 3 is 2.83 bits per heavy atom. The van der Waals surface area contributed by atoms with E-state index in [2.05, 4.69) is 17.0 Å². The number of aliphatic hydroxyl groups is 1. The Morgan fingerprint density at radius 1 is 1.50 bits per heavy atom. The first-order valence-corrected chi connectivity index (χ1v) is 6.97. The van der Waals surface area contributed by atoms with E-state index >= 15 is 0 Å². The predicted molar refractivity (Wildman–Crippen MR) is 71.2 cm³/mol. The lowest BCUT2D eigenvalue weighted by molar-refractivity contribution is -0.159. The van der Waals surface area contributed by atoms with Crippen molar-refractivity contribution >= 4 is 5.97 Å². The van der Waals surface area contributed by atoms with Crippen LogP contribution in [0.2, 0.25) is 0 Å². The quantitative estimate of drug-likeness (QED) is 0.562. The minimum absolute atomic E-state index is 0.252. The molecule has 0 aliphatic heterocycles. The fourth-order valence-electron chi connectivity index (χ4n) is 2.75. The van der Waals surface area contributed by atoms with Crippen molar-refractivity contribution in [3.8, 4) is 0 Å². The summed E-state index contributed by atoms with van der Waals surface area (Å²) in [5, 5.41) is 13.0. The molecule has 1 aliphatic carbocycles. The summed E-state index contributed by atoms with van der Waals surface area (Å²) >= 11 is 0. The molecule has 0 aromatic carbocycles. The van der Waals surface area contributed by atoms with Crippen LogP contribution in [0.3, 0.4) is 0 Å².